The highest BCUT2D eigenvalue weighted by Crippen LogP contribution is 2.50. The van der Waals surface area contributed by atoms with Crippen LogP contribution in [0.5, 0.6) is 5.88 Å². The SMILES string of the molecule is CC1(C)CC(=O)C2=C(C1)Oc1ncn3nc(-c4cccc5ccccc45)nc3c1C2c1ccccc1. The summed E-state index contributed by atoms with van der Waals surface area (Å²) in [5.74, 6) is 1.65. The Kier molecular flexibility index (Phi) is 4.43. The minimum atomic E-state index is -0.311. The first-order valence-corrected chi connectivity index (χ1v) is 12.2. The van der Waals surface area contributed by atoms with Gasteiger partial charge in [-0.2, -0.15) is 0 Å². The molecule has 36 heavy (non-hydrogen) atoms. The second kappa shape index (κ2) is 7.59. The van der Waals surface area contributed by atoms with Gasteiger partial charge in [0.2, 0.25) is 5.88 Å². The molecule has 3 heterocycles. The maximum absolute atomic E-state index is 13.5. The lowest BCUT2D eigenvalue weighted by atomic mass is 9.70. The molecular weight excluding hydrogens is 448 g/mol. The van der Waals surface area contributed by atoms with E-state index in [9.17, 15) is 4.79 Å². The van der Waals surface area contributed by atoms with Gasteiger partial charge in [0.25, 0.3) is 0 Å². The van der Waals surface area contributed by atoms with Gasteiger partial charge in [0.05, 0.1) is 5.56 Å². The van der Waals surface area contributed by atoms with Crippen molar-refractivity contribution in [2.45, 2.75) is 32.6 Å². The molecule has 176 valence electrons. The molecule has 7 rings (SSSR count). The van der Waals surface area contributed by atoms with Gasteiger partial charge in [-0.3, -0.25) is 4.79 Å². The van der Waals surface area contributed by atoms with Crippen molar-refractivity contribution in [1.29, 1.82) is 0 Å². The average Bonchev–Trinajstić information content (AvgIpc) is 3.31. The molecular formula is C30H24N4O2. The molecule has 3 aromatic carbocycles. The largest absolute Gasteiger partial charge is 0.442 e. The summed E-state index contributed by atoms with van der Waals surface area (Å²) in [6, 6.07) is 24.5. The van der Waals surface area contributed by atoms with Crippen LogP contribution >= 0.6 is 0 Å². The molecule has 1 atom stereocenters. The lowest BCUT2D eigenvalue weighted by molar-refractivity contribution is -0.118. The molecule has 2 aliphatic rings. The van der Waals surface area contributed by atoms with Crippen LogP contribution in [0.3, 0.4) is 0 Å². The van der Waals surface area contributed by atoms with Crippen LogP contribution in [-0.4, -0.2) is 25.4 Å². The first-order valence-electron chi connectivity index (χ1n) is 12.2. The van der Waals surface area contributed by atoms with E-state index in [1.807, 2.05) is 42.5 Å². The summed E-state index contributed by atoms with van der Waals surface area (Å²) >= 11 is 0. The Morgan fingerprint density at radius 3 is 2.58 bits per heavy atom. The zero-order valence-electron chi connectivity index (χ0n) is 20.1. The fourth-order valence-electron chi connectivity index (χ4n) is 5.66. The Hall–Kier alpha value is -4.32. The van der Waals surface area contributed by atoms with Gasteiger partial charge in [-0.05, 0) is 21.8 Å². The summed E-state index contributed by atoms with van der Waals surface area (Å²) in [5, 5.41) is 7.02. The minimum Gasteiger partial charge on any atom is -0.442 e. The van der Waals surface area contributed by atoms with Crippen LogP contribution in [-0.2, 0) is 4.79 Å². The summed E-state index contributed by atoms with van der Waals surface area (Å²) in [5.41, 5.74) is 3.98. The minimum absolute atomic E-state index is 0.122. The van der Waals surface area contributed by atoms with Gasteiger partial charge in [0.1, 0.15) is 12.1 Å². The number of hydrogen-bond donors (Lipinski definition) is 0. The number of carbonyl (C=O) groups is 1. The molecule has 0 saturated heterocycles. The number of Topliss-reactive ketones (excluding diaryl/α,β-unsaturated/α-hetero) is 1. The van der Waals surface area contributed by atoms with Crippen molar-refractivity contribution in [3.63, 3.8) is 0 Å². The molecule has 2 aromatic heterocycles. The number of nitrogens with zero attached hydrogens (tertiary/aromatic N) is 4. The van der Waals surface area contributed by atoms with Crippen molar-refractivity contribution in [2.24, 2.45) is 5.41 Å². The molecule has 1 aliphatic carbocycles. The Morgan fingerprint density at radius 1 is 0.944 bits per heavy atom. The van der Waals surface area contributed by atoms with Crippen LogP contribution in [0.15, 0.2) is 90.5 Å². The Labute approximate surface area is 208 Å². The first-order chi connectivity index (χ1) is 17.5. The Bertz CT molecular complexity index is 1710. The third-order valence-corrected chi connectivity index (χ3v) is 7.23. The maximum atomic E-state index is 13.5. The smallest absolute Gasteiger partial charge is 0.228 e. The van der Waals surface area contributed by atoms with E-state index in [0.29, 0.717) is 30.2 Å². The van der Waals surface area contributed by atoms with Crippen molar-refractivity contribution in [3.8, 4) is 17.3 Å². The standard InChI is InChI=1S/C30H24N4O2/c1-30(2)15-22(35)25-23(16-30)36-29-26(24(25)19-10-4-3-5-11-19)28-32-27(33-34(28)17-31-29)21-14-8-12-18-9-6-7-13-20(18)21/h3-14,17,24H,15-16H2,1-2H3. The lowest BCUT2D eigenvalue weighted by Gasteiger charge is -2.37. The molecule has 6 nitrogen and oxygen atoms in total. The van der Waals surface area contributed by atoms with Crippen molar-refractivity contribution < 1.29 is 9.53 Å². The highest BCUT2D eigenvalue weighted by molar-refractivity contribution is 6.00. The normalized spacial score (nSPS) is 18.7. The predicted molar refractivity (Wildman–Crippen MR) is 138 cm³/mol. The molecule has 6 heteroatoms. The van der Waals surface area contributed by atoms with E-state index in [1.54, 1.807) is 10.8 Å². The predicted octanol–water partition coefficient (Wildman–Crippen LogP) is 6.11. The maximum Gasteiger partial charge on any atom is 0.228 e. The number of hydrogen-bond acceptors (Lipinski definition) is 5. The van der Waals surface area contributed by atoms with Crippen LogP contribution in [0.4, 0.5) is 0 Å². The zero-order valence-corrected chi connectivity index (χ0v) is 20.1. The third-order valence-electron chi connectivity index (χ3n) is 7.23. The number of fused-ring (bicyclic) bond motifs is 4. The van der Waals surface area contributed by atoms with Gasteiger partial charge < -0.3 is 4.74 Å². The van der Waals surface area contributed by atoms with Crippen LogP contribution in [0, 0.1) is 5.41 Å². The van der Waals surface area contributed by atoms with Crippen molar-refractivity contribution >= 4 is 22.2 Å². The molecule has 0 bridgehead atoms. The van der Waals surface area contributed by atoms with Crippen LogP contribution < -0.4 is 4.74 Å². The van der Waals surface area contributed by atoms with Gasteiger partial charge >= 0.3 is 0 Å². The van der Waals surface area contributed by atoms with E-state index < -0.39 is 0 Å². The van der Waals surface area contributed by atoms with Crippen molar-refractivity contribution in [3.05, 3.63) is 102 Å². The monoisotopic (exact) mass is 472 g/mol. The van der Waals surface area contributed by atoms with E-state index in [4.69, 9.17) is 14.8 Å². The second-order valence-electron chi connectivity index (χ2n) is 10.4. The molecule has 1 unspecified atom stereocenters. The van der Waals surface area contributed by atoms with Gasteiger partial charge in [-0.1, -0.05) is 86.6 Å². The number of allylic oxidation sites excluding steroid dienone is 2. The van der Waals surface area contributed by atoms with Crippen molar-refractivity contribution in [1.82, 2.24) is 19.6 Å². The molecule has 0 amide bonds. The number of ketones is 1. The van der Waals surface area contributed by atoms with Gasteiger partial charge in [-0.15, -0.1) is 5.10 Å². The molecule has 0 fully saturated rings. The lowest BCUT2D eigenvalue weighted by Crippen LogP contribution is -2.33. The number of benzene rings is 3. The van der Waals surface area contributed by atoms with E-state index in [2.05, 4.69) is 49.2 Å². The number of rotatable bonds is 2. The zero-order chi connectivity index (χ0) is 24.4. The molecule has 0 radical (unpaired) electrons. The van der Waals surface area contributed by atoms with E-state index in [-0.39, 0.29) is 17.1 Å². The number of aromatic nitrogens is 4. The summed E-state index contributed by atoms with van der Waals surface area (Å²) in [6.07, 6.45) is 2.83. The van der Waals surface area contributed by atoms with E-state index >= 15 is 0 Å². The highest BCUT2D eigenvalue weighted by atomic mass is 16.5. The molecule has 5 aromatic rings. The van der Waals surface area contributed by atoms with Gasteiger partial charge in [-0.25, -0.2) is 14.5 Å². The van der Waals surface area contributed by atoms with Crippen LogP contribution in [0.2, 0.25) is 0 Å². The summed E-state index contributed by atoms with van der Waals surface area (Å²) in [7, 11) is 0. The molecule has 0 N–H and O–H groups in total. The van der Waals surface area contributed by atoms with Crippen LogP contribution in [0.25, 0.3) is 27.8 Å². The number of ether oxygens (including phenoxy) is 1. The van der Waals surface area contributed by atoms with Crippen LogP contribution in [0.1, 0.15) is 43.7 Å². The highest BCUT2D eigenvalue weighted by Gasteiger charge is 2.43. The topological polar surface area (TPSA) is 69.4 Å². The second-order valence-corrected chi connectivity index (χ2v) is 10.4. The Balaban J connectivity index is 1.48. The molecule has 0 saturated carbocycles. The molecule has 0 spiro atoms. The summed E-state index contributed by atoms with van der Waals surface area (Å²) in [6.45, 7) is 4.22. The quantitative estimate of drug-likeness (QED) is 0.310. The van der Waals surface area contributed by atoms with Gasteiger partial charge in [0.15, 0.2) is 17.3 Å². The fraction of sp³-hybridized carbons (Fsp3) is 0.200. The summed E-state index contributed by atoms with van der Waals surface area (Å²) < 4.78 is 8.06. The van der Waals surface area contributed by atoms with Gasteiger partial charge in [0, 0.05) is 29.9 Å². The van der Waals surface area contributed by atoms with E-state index in [0.717, 1.165) is 38.8 Å². The number of carbonyl (C=O) groups excluding carboxylic acids is 1. The third kappa shape index (κ3) is 3.18. The fourth-order valence-corrected chi connectivity index (χ4v) is 5.66. The average molecular weight is 473 g/mol. The first kappa shape index (κ1) is 21.0. The Morgan fingerprint density at radius 2 is 1.72 bits per heavy atom. The van der Waals surface area contributed by atoms with E-state index in [1.165, 1.54) is 0 Å². The van der Waals surface area contributed by atoms with Crippen molar-refractivity contribution in [2.75, 3.05) is 0 Å². The summed E-state index contributed by atoms with van der Waals surface area (Å²) in [4.78, 5) is 23.2. The molecule has 1 aliphatic heterocycles.